The van der Waals surface area contributed by atoms with Crippen LogP contribution in [0.15, 0.2) is 12.3 Å². The molecule has 2 rings (SSSR count). The molecule has 0 radical (unpaired) electrons. The number of nitrogens with one attached hydrogen (secondary N) is 1. The highest BCUT2D eigenvalue weighted by Crippen LogP contribution is 2.17. The molecule has 0 aliphatic carbocycles. The molecule has 1 aromatic heterocycles. The quantitative estimate of drug-likeness (QED) is 0.821. The molecule has 0 saturated carbocycles. The number of nitrogen functional groups attached to an aromatic ring is 1. The predicted octanol–water partition coefficient (Wildman–Crippen LogP) is 1.20. The van der Waals surface area contributed by atoms with Crippen LogP contribution < -0.4 is 11.1 Å². The van der Waals surface area contributed by atoms with Crippen LogP contribution >= 0.6 is 0 Å². The lowest BCUT2D eigenvalue weighted by Gasteiger charge is -2.31. The molecule has 94 valence electrons. The van der Waals surface area contributed by atoms with E-state index in [0.717, 1.165) is 12.5 Å². The highest BCUT2D eigenvalue weighted by atomic mass is 15.1. The fourth-order valence-electron chi connectivity index (χ4n) is 2.20. The second-order valence-corrected chi connectivity index (χ2v) is 4.56. The monoisotopic (exact) mass is 235 g/mol. The van der Waals surface area contributed by atoms with E-state index >= 15 is 0 Å². The molecule has 3 N–H and O–H groups in total. The number of likely N-dealkylation sites (tertiary alicyclic amines) is 1. The third kappa shape index (κ3) is 3.56. The van der Waals surface area contributed by atoms with Crippen molar-refractivity contribution in [2.75, 3.05) is 37.2 Å². The third-order valence-electron chi connectivity index (χ3n) is 3.38. The number of aromatic nitrogens is 2. The third-order valence-corrected chi connectivity index (χ3v) is 3.38. The maximum Gasteiger partial charge on any atom is 0.224 e. The summed E-state index contributed by atoms with van der Waals surface area (Å²) in [4.78, 5) is 10.8. The molecular formula is C12H21N5. The summed E-state index contributed by atoms with van der Waals surface area (Å²) in [5.41, 5.74) is 5.61. The van der Waals surface area contributed by atoms with Crippen molar-refractivity contribution in [3.05, 3.63) is 12.3 Å². The summed E-state index contributed by atoms with van der Waals surface area (Å²) in [5, 5.41) is 3.27. The van der Waals surface area contributed by atoms with Crippen LogP contribution in [0, 0.1) is 5.92 Å². The minimum atomic E-state index is 0.517. The smallest absolute Gasteiger partial charge is 0.224 e. The number of nitrogens with two attached hydrogens (primary N) is 1. The predicted molar refractivity (Wildman–Crippen MR) is 69.8 cm³/mol. The summed E-state index contributed by atoms with van der Waals surface area (Å²) >= 11 is 0. The van der Waals surface area contributed by atoms with Gasteiger partial charge in [-0.25, -0.2) is 4.98 Å². The number of nitrogens with zero attached hydrogens (tertiary/aromatic N) is 3. The first-order valence-corrected chi connectivity index (χ1v) is 6.32. The first-order chi connectivity index (χ1) is 8.28. The van der Waals surface area contributed by atoms with Crippen LogP contribution in [-0.4, -0.2) is 41.0 Å². The molecule has 1 aliphatic heterocycles. The Morgan fingerprint density at radius 1 is 1.47 bits per heavy atom. The number of piperidine rings is 1. The Labute approximate surface area is 102 Å². The van der Waals surface area contributed by atoms with Gasteiger partial charge in [0.1, 0.15) is 5.82 Å². The molecule has 0 amide bonds. The Balaban J connectivity index is 1.76. The van der Waals surface area contributed by atoms with Crippen LogP contribution in [0.3, 0.4) is 0 Å². The molecule has 0 bridgehead atoms. The number of rotatable bonds is 4. The molecule has 5 nitrogen and oxygen atoms in total. The van der Waals surface area contributed by atoms with Gasteiger partial charge in [0.25, 0.3) is 0 Å². The van der Waals surface area contributed by atoms with Crippen LogP contribution in [0.4, 0.5) is 11.8 Å². The lowest BCUT2D eigenvalue weighted by atomic mass is 9.97. The summed E-state index contributed by atoms with van der Waals surface area (Å²) in [6, 6.07) is 1.70. The lowest BCUT2D eigenvalue weighted by molar-refractivity contribution is 0.198. The van der Waals surface area contributed by atoms with Gasteiger partial charge in [0.2, 0.25) is 5.95 Å². The largest absolute Gasteiger partial charge is 0.384 e. The molecule has 5 heteroatoms. The topological polar surface area (TPSA) is 67.1 Å². The van der Waals surface area contributed by atoms with Crippen molar-refractivity contribution in [1.29, 1.82) is 0 Å². The van der Waals surface area contributed by atoms with Crippen molar-refractivity contribution in [2.45, 2.75) is 19.8 Å². The molecule has 1 aliphatic rings. The van der Waals surface area contributed by atoms with Crippen LogP contribution in [-0.2, 0) is 0 Å². The van der Waals surface area contributed by atoms with Gasteiger partial charge in [0.05, 0.1) is 0 Å². The minimum absolute atomic E-state index is 0.517. The van der Waals surface area contributed by atoms with E-state index in [1.165, 1.54) is 32.5 Å². The first-order valence-electron chi connectivity index (χ1n) is 6.32. The van der Waals surface area contributed by atoms with E-state index in [9.17, 15) is 0 Å². The molecule has 2 heterocycles. The fraction of sp³-hybridized carbons (Fsp3) is 0.667. The van der Waals surface area contributed by atoms with Gasteiger partial charge in [-0.3, -0.25) is 0 Å². The van der Waals surface area contributed by atoms with E-state index < -0.39 is 0 Å². The van der Waals surface area contributed by atoms with Crippen molar-refractivity contribution < 1.29 is 0 Å². The Bertz CT molecular complexity index is 347. The minimum Gasteiger partial charge on any atom is -0.384 e. The molecule has 0 spiro atoms. The Hall–Kier alpha value is -1.36. The Morgan fingerprint density at radius 3 is 2.88 bits per heavy atom. The number of hydrogen-bond donors (Lipinski definition) is 2. The zero-order chi connectivity index (χ0) is 12.1. The maximum atomic E-state index is 5.61. The average molecular weight is 235 g/mol. The second-order valence-electron chi connectivity index (χ2n) is 4.56. The van der Waals surface area contributed by atoms with E-state index in [2.05, 4.69) is 27.1 Å². The summed E-state index contributed by atoms with van der Waals surface area (Å²) < 4.78 is 0. The van der Waals surface area contributed by atoms with Crippen LogP contribution in [0.25, 0.3) is 0 Å². The van der Waals surface area contributed by atoms with E-state index in [-0.39, 0.29) is 0 Å². The van der Waals surface area contributed by atoms with Gasteiger partial charge >= 0.3 is 0 Å². The van der Waals surface area contributed by atoms with Crippen LogP contribution in [0.2, 0.25) is 0 Å². The van der Waals surface area contributed by atoms with Gasteiger partial charge in [0, 0.05) is 12.7 Å². The van der Waals surface area contributed by atoms with Gasteiger partial charge in [-0.05, 0) is 44.5 Å². The van der Waals surface area contributed by atoms with Gasteiger partial charge in [-0.15, -0.1) is 0 Å². The standard InChI is InChI=1S/C12H21N5/c1-2-17-7-4-10(5-8-17)9-15-12-14-6-3-11(13)16-12/h3,6,10H,2,4-5,7-9H2,1H3,(H3,13,14,15,16). The average Bonchev–Trinajstić information content (AvgIpc) is 2.37. The highest BCUT2D eigenvalue weighted by molar-refractivity contribution is 5.34. The van der Waals surface area contributed by atoms with E-state index in [1.807, 2.05) is 0 Å². The summed E-state index contributed by atoms with van der Waals surface area (Å²) in [6.45, 7) is 6.75. The van der Waals surface area contributed by atoms with Crippen molar-refractivity contribution in [3.63, 3.8) is 0 Å². The molecule has 0 atom stereocenters. The summed E-state index contributed by atoms with van der Waals surface area (Å²) in [7, 11) is 0. The highest BCUT2D eigenvalue weighted by Gasteiger charge is 2.17. The van der Waals surface area contributed by atoms with Gasteiger partial charge < -0.3 is 16.0 Å². The zero-order valence-electron chi connectivity index (χ0n) is 10.4. The number of hydrogen-bond acceptors (Lipinski definition) is 5. The van der Waals surface area contributed by atoms with Crippen molar-refractivity contribution in [3.8, 4) is 0 Å². The van der Waals surface area contributed by atoms with Gasteiger partial charge in [-0.1, -0.05) is 6.92 Å². The molecule has 0 aromatic carbocycles. The normalized spacial score (nSPS) is 18.2. The van der Waals surface area contributed by atoms with Crippen LogP contribution in [0.5, 0.6) is 0 Å². The zero-order valence-corrected chi connectivity index (χ0v) is 10.4. The Morgan fingerprint density at radius 2 is 2.24 bits per heavy atom. The first kappa shape index (κ1) is 12.1. The van der Waals surface area contributed by atoms with Crippen molar-refractivity contribution in [2.24, 2.45) is 5.92 Å². The molecular weight excluding hydrogens is 214 g/mol. The lowest BCUT2D eigenvalue weighted by Crippen LogP contribution is -2.35. The number of anilines is 2. The van der Waals surface area contributed by atoms with E-state index in [4.69, 9.17) is 5.73 Å². The molecule has 1 aromatic rings. The fourth-order valence-corrected chi connectivity index (χ4v) is 2.20. The van der Waals surface area contributed by atoms with Crippen molar-refractivity contribution in [1.82, 2.24) is 14.9 Å². The second kappa shape index (κ2) is 5.82. The molecule has 1 fully saturated rings. The van der Waals surface area contributed by atoms with Gasteiger partial charge in [0.15, 0.2) is 0 Å². The summed E-state index contributed by atoms with van der Waals surface area (Å²) in [6.07, 6.45) is 4.19. The molecule has 17 heavy (non-hydrogen) atoms. The molecule has 0 unspecified atom stereocenters. The van der Waals surface area contributed by atoms with E-state index in [0.29, 0.717) is 11.8 Å². The van der Waals surface area contributed by atoms with Gasteiger partial charge in [-0.2, -0.15) is 4.98 Å². The van der Waals surface area contributed by atoms with Crippen molar-refractivity contribution >= 4 is 11.8 Å². The molecule has 1 saturated heterocycles. The summed E-state index contributed by atoms with van der Waals surface area (Å²) in [5.74, 6) is 1.88. The van der Waals surface area contributed by atoms with E-state index in [1.54, 1.807) is 12.3 Å². The van der Waals surface area contributed by atoms with Crippen LogP contribution in [0.1, 0.15) is 19.8 Å². The maximum absolute atomic E-state index is 5.61. The SMILES string of the molecule is CCN1CCC(CNc2nccc(N)n2)CC1. The Kier molecular flexibility index (Phi) is 4.14.